The average Bonchev–Trinajstić information content (AvgIpc) is 3.37. The molecule has 1 amide bonds. The molecular weight excluding hydrogens is 412 g/mol. The maximum atomic E-state index is 12.5. The number of carbonyl (C=O) groups is 1. The second-order valence-electron chi connectivity index (χ2n) is 7.87. The summed E-state index contributed by atoms with van der Waals surface area (Å²) in [5.41, 5.74) is 2.95. The van der Waals surface area contributed by atoms with Crippen LogP contribution in [0.4, 0.5) is 5.82 Å². The predicted octanol–water partition coefficient (Wildman–Crippen LogP) is 1.91. The molecule has 0 bridgehead atoms. The molecule has 0 unspecified atom stereocenters. The first kappa shape index (κ1) is 21.6. The number of hydrogen-bond acceptors (Lipinski definition) is 8. The molecule has 2 aromatic heterocycles. The van der Waals surface area contributed by atoms with Crippen LogP contribution in [0.15, 0.2) is 35.7 Å². The molecule has 0 spiro atoms. The Kier molecular flexibility index (Phi) is 6.74. The number of aromatic nitrogens is 3. The average molecular weight is 441 g/mol. The van der Waals surface area contributed by atoms with Crippen LogP contribution in [-0.2, 0) is 6.42 Å². The van der Waals surface area contributed by atoms with Crippen LogP contribution >= 0.6 is 11.3 Å². The lowest BCUT2D eigenvalue weighted by Crippen LogP contribution is -2.47. The number of amides is 1. The summed E-state index contributed by atoms with van der Waals surface area (Å²) < 4.78 is 0. The van der Waals surface area contributed by atoms with Gasteiger partial charge in [0, 0.05) is 50.9 Å². The highest BCUT2D eigenvalue weighted by Gasteiger charge is 2.19. The molecule has 4 rings (SSSR count). The third-order valence-electron chi connectivity index (χ3n) is 5.52. The number of nitrogens with zero attached hydrogens (tertiary/aromatic N) is 5. The van der Waals surface area contributed by atoms with Gasteiger partial charge in [-0.15, -0.1) is 11.3 Å². The molecule has 2 N–H and O–H groups in total. The first-order valence-corrected chi connectivity index (χ1v) is 11.4. The first-order valence-electron chi connectivity index (χ1n) is 10.6. The van der Waals surface area contributed by atoms with Gasteiger partial charge in [0.05, 0.1) is 23.5 Å². The summed E-state index contributed by atoms with van der Waals surface area (Å²) in [6.07, 6.45) is 7.09. The Morgan fingerprint density at radius 3 is 2.74 bits per heavy atom. The third-order valence-corrected chi connectivity index (χ3v) is 6.51. The molecule has 0 saturated carbocycles. The Balaban J connectivity index is 1.41. The minimum Gasteiger partial charge on any atom is -0.395 e. The van der Waals surface area contributed by atoms with Gasteiger partial charge in [0.1, 0.15) is 16.5 Å². The quantitative estimate of drug-likeness (QED) is 0.679. The topological polar surface area (TPSA) is 94.5 Å². The third kappa shape index (κ3) is 5.36. The number of aryl methyl sites for hydroxylation is 1. The van der Waals surface area contributed by atoms with Crippen LogP contribution in [0.25, 0.3) is 0 Å². The SMILES string of the molecule is CC1=C(NC(=O)c2cnc(Cc3cc(N4CCN(CCO)CC4)nc(C)n3)s2)C=CC1. The zero-order valence-electron chi connectivity index (χ0n) is 18.0. The van der Waals surface area contributed by atoms with Crippen molar-refractivity contribution in [3.8, 4) is 0 Å². The molecule has 0 atom stereocenters. The van der Waals surface area contributed by atoms with Crippen LogP contribution in [0.5, 0.6) is 0 Å². The van der Waals surface area contributed by atoms with Crippen molar-refractivity contribution in [1.29, 1.82) is 0 Å². The number of aliphatic hydroxyl groups excluding tert-OH is 1. The molecule has 2 aromatic rings. The number of nitrogens with one attached hydrogen (secondary N) is 1. The Morgan fingerprint density at radius 2 is 2.03 bits per heavy atom. The van der Waals surface area contributed by atoms with Crippen LogP contribution < -0.4 is 10.2 Å². The maximum absolute atomic E-state index is 12.5. The first-order chi connectivity index (χ1) is 15.0. The Morgan fingerprint density at radius 1 is 1.23 bits per heavy atom. The number of aliphatic hydroxyl groups is 1. The number of hydrogen-bond donors (Lipinski definition) is 2. The number of carbonyl (C=O) groups excluding carboxylic acids is 1. The summed E-state index contributed by atoms with van der Waals surface area (Å²) in [5.74, 6) is 1.54. The van der Waals surface area contributed by atoms with Crippen molar-refractivity contribution in [3.63, 3.8) is 0 Å². The highest BCUT2D eigenvalue weighted by atomic mass is 32.1. The molecule has 1 aliphatic carbocycles. The van der Waals surface area contributed by atoms with Gasteiger partial charge in [-0.1, -0.05) is 6.08 Å². The molecule has 164 valence electrons. The molecule has 8 nitrogen and oxygen atoms in total. The zero-order valence-corrected chi connectivity index (χ0v) is 18.8. The summed E-state index contributed by atoms with van der Waals surface area (Å²) >= 11 is 1.40. The van der Waals surface area contributed by atoms with Gasteiger partial charge in [0.15, 0.2) is 0 Å². The smallest absolute Gasteiger partial charge is 0.267 e. The normalized spacial score (nSPS) is 16.9. The van der Waals surface area contributed by atoms with Crippen molar-refractivity contribution < 1.29 is 9.90 Å². The van der Waals surface area contributed by atoms with Gasteiger partial charge in [-0.2, -0.15) is 0 Å². The Bertz CT molecular complexity index is 1010. The van der Waals surface area contributed by atoms with Crippen molar-refractivity contribution in [2.75, 3.05) is 44.2 Å². The molecule has 1 aliphatic heterocycles. The van der Waals surface area contributed by atoms with E-state index < -0.39 is 0 Å². The monoisotopic (exact) mass is 440 g/mol. The fourth-order valence-electron chi connectivity index (χ4n) is 3.80. The van der Waals surface area contributed by atoms with E-state index in [2.05, 4.69) is 30.1 Å². The van der Waals surface area contributed by atoms with Gasteiger partial charge in [-0.25, -0.2) is 15.0 Å². The van der Waals surface area contributed by atoms with Crippen molar-refractivity contribution >= 4 is 23.1 Å². The molecule has 31 heavy (non-hydrogen) atoms. The van der Waals surface area contributed by atoms with Gasteiger partial charge in [-0.3, -0.25) is 9.69 Å². The lowest BCUT2D eigenvalue weighted by molar-refractivity contribution is 0.0970. The van der Waals surface area contributed by atoms with Crippen LogP contribution in [0.3, 0.4) is 0 Å². The molecule has 3 heterocycles. The van der Waals surface area contributed by atoms with Gasteiger partial charge in [0.2, 0.25) is 0 Å². The van der Waals surface area contributed by atoms with Crippen molar-refractivity contribution in [1.82, 2.24) is 25.2 Å². The van der Waals surface area contributed by atoms with E-state index in [-0.39, 0.29) is 12.5 Å². The lowest BCUT2D eigenvalue weighted by atomic mass is 10.2. The number of rotatable bonds is 7. The summed E-state index contributed by atoms with van der Waals surface area (Å²) in [6.45, 7) is 8.41. The van der Waals surface area contributed by atoms with Crippen LogP contribution in [0.1, 0.15) is 39.5 Å². The second kappa shape index (κ2) is 9.67. The molecule has 0 aromatic carbocycles. The summed E-state index contributed by atoms with van der Waals surface area (Å²) in [7, 11) is 0. The fourth-order valence-corrected chi connectivity index (χ4v) is 4.63. The number of anilines is 1. The minimum atomic E-state index is -0.120. The number of piperazine rings is 1. The van der Waals surface area contributed by atoms with Gasteiger partial charge in [0.25, 0.3) is 5.91 Å². The van der Waals surface area contributed by atoms with E-state index in [1.165, 1.54) is 16.9 Å². The van der Waals surface area contributed by atoms with E-state index in [4.69, 9.17) is 5.11 Å². The summed E-state index contributed by atoms with van der Waals surface area (Å²) in [5, 5.41) is 12.9. The Hall–Kier alpha value is -2.62. The fraction of sp³-hybridized carbons (Fsp3) is 0.455. The van der Waals surface area contributed by atoms with E-state index in [1.807, 2.05) is 32.1 Å². The second-order valence-corrected chi connectivity index (χ2v) is 8.98. The maximum Gasteiger partial charge on any atom is 0.267 e. The molecule has 1 fully saturated rings. The van der Waals surface area contributed by atoms with E-state index >= 15 is 0 Å². The number of β-amino-alcohol motifs (C(OH)–C–C–N with tert-alkyl or cyclic N) is 1. The number of thiazole rings is 1. The van der Waals surface area contributed by atoms with Crippen LogP contribution in [0.2, 0.25) is 0 Å². The van der Waals surface area contributed by atoms with Gasteiger partial charge < -0.3 is 15.3 Å². The van der Waals surface area contributed by atoms with Gasteiger partial charge >= 0.3 is 0 Å². The van der Waals surface area contributed by atoms with E-state index in [9.17, 15) is 4.79 Å². The van der Waals surface area contributed by atoms with Crippen LogP contribution in [0, 0.1) is 6.92 Å². The standard InChI is InChI=1S/C22H28N6O2S/c1-15-4-3-5-18(15)26-22(30)19-14-23-21(31-19)13-17-12-20(25-16(2)24-17)28-8-6-27(7-9-28)10-11-29/h3,5,12,14,29H,4,6-11,13H2,1-2H3,(H,26,30). The van der Waals surface area contributed by atoms with E-state index in [1.54, 1.807) is 6.20 Å². The summed E-state index contributed by atoms with van der Waals surface area (Å²) in [4.78, 5) is 31.3. The van der Waals surface area contributed by atoms with Gasteiger partial charge in [-0.05, 0) is 31.9 Å². The minimum absolute atomic E-state index is 0.120. The summed E-state index contributed by atoms with van der Waals surface area (Å²) in [6, 6.07) is 2.02. The molecule has 2 aliphatic rings. The van der Waals surface area contributed by atoms with E-state index in [0.29, 0.717) is 11.3 Å². The van der Waals surface area contributed by atoms with Crippen LogP contribution in [-0.4, -0.2) is 70.2 Å². The highest BCUT2D eigenvalue weighted by molar-refractivity contribution is 7.13. The predicted molar refractivity (Wildman–Crippen MR) is 121 cm³/mol. The van der Waals surface area contributed by atoms with Crippen molar-refractivity contribution in [2.45, 2.75) is 26.7 Å². The van der Waals surface area contributed by atoms with E-state index in [0.717, 1.165) is 67.2 Å². The lowest BCUT2D eigenvalue weighted by Gasteiger charge is -2.35. The largest absolute Gasteiger partial charge is 0.395 e. The Labute approximate surface area is 186 Å². The zero-order chi connectivity index (χ0) is 21.8. The van der Waals surface area contributed by atoms with Crippen molar-refractivity contribution in [2.24, 2.45) is 0 Å². The van der Waals surface area contributed by atoms with Crippen molar-refractivity contribution in [3.05, 3.63) is 57.1 Å². The molecular formula is C22H28N6O2S. The molecule has 9 heteroatoms. The highest BCUT2D eigenvalue weighted by Crippen LogP contribution is 2.21. The molecule has 0 radical (unpaired) electrons. The molecule has 1 saturated heterocycles. The number of allylic oxidation sites excluding steroid dienone is 3.